The van der Waals surface area contributed by atoms with Crippen LogP contribution in [0.2, 0.25) is 0 Å². The molecule has 0 aromatic heterocycles. The third-order valence-corrected chi connectivity index (χ3v) is 6.33. The number of aliphatic hydroxyl groups excluding tert-OH is 4. The number of phenols is 4. The van der Waals surface area contributed by atoms with E-state index < -0.39 is 111 Å². The Hall–Kier alpha value is -2.49. The molecule has 0 radical (unpaired) electrons. The molecule has 0 bridgehead atoms. The van der Waals surface area contributed by atoms with Crippen molar-refractivity contribution in [1.82, 2.24) is 0 Å². The van der Waals surface area contributed by atoms with Gasteiger partial charge in [0.05, 0.1) is 23.3 Å². The van der Waals surface area contributed by atoms with Gasteiger partial charge in [0.2, 0.25) is 0 Å². The maximum absolute atomic E-state index is 13.4. The van der Waals surface area contributed by atoms with Crippen molar-refractivity contribution in [2.45, 2.75) is 37.4 Å². The van der Waals surface area contributed by atoms with Crippen LogP contribution in [-0.4, -0.2) is 132 Å². The fraction of sp³-hybridized carbons (Fsp3) is 0.318. The number of phenolic OH excluding ortho intramolecular Hbond substituents is 3. The second-order valence-corrected chi connectivity index (χ2v) is 8.24. The molecular weight excluding hydrogens is 512 g/mol. The first kappa shape index (κ1) is 28.1. The van der Waals surface area contributed by atoms with Crippen LogP contribution in [0.4, 0.5) is 0 Å². The van der Waals surface area contributed by atoms with Gasteiger partial charge in [0.15, 0.2) is 23.1 Å². The summed E-state index contributed by atoms with van der Waals surface area (Å²) in [5.74, 6) is -8.24. The van der Waals surface area contributed by atoms with Crippen molar-refractivity contribution in [1.29, 1.82) is 0 Å². The van der Waals surface area contributed by atoms with E-state index >= 15 is 0 Å². The Morgan fingerprint density at radius 1 is 0.889 bits per heavy atom. The Bertz CT molecular complexity index is 1300. The van der Waals surface area contributed by atoms with E-state index in [2.05, 4.69) is 0 Å². The van der Waals surface area contributed by atoms with Gasteiger partial charge in [-0.3, -0.25) is 9.59 Å². The molecule has 2 aromatic rings. The van der Waals surface area contributed by atoms with Gasteiger partial charge in [-0.1, -0.05) is 0 Å². The maximum atomic E-state index is 13.4. The number of carboxylic acids is 1. The number of aromatic hydroxyl groups is 4. The molecule has 1 heterocycles. The molecule has 2 aliphatic rings. The molecule has 13 nitrogen and oxygen atoms in total. The fourth-order valence-corrected chi connectivity index (χ4v) is 4.58. The summed E-state index contributed by atoms with van der Waals surface area (Å²) < 4.78 is 5.30. The number of carbonyl (C=O) groups excluding carboxylic acids is 2. The summed E-state index contributed by atoms with van der Waals surface area (Å²) in [6.45, 7) is 0.291. The molecular formula is C22H22CaO13. The molecule has 1 aliphatic carbocycles. The summed E-state index contributed by atoms with van der Waals surface area (Å²) in [6.07, 6.45) is -9.12. The normalized spacial score (nSPS) is 25.1. The van der Waals surface area contributed by atoms with Crippen LogP contribution in [0.1, 0.15) is 59.4 Å². The van der Waals surface area contributed by atoms with Crippen molar-refractivity contribution < 1.29 is 65.1 Å². The predicted molar refractivity (Wildman–Crippen MR) is 119 cm³/mol. The summed E-state index contributed by atoms with van der Waals surface area (Å²) in [4.78, 5) is 38.1. The molecule has 1 aliphatic heterocycles. The number of carboxylic acid groups (broad SMARTS) is 1. The molecule has 190 valence electrons. The van der Waals surface area contributed by atoms with E-state index in [-0.39, 0.29) is 43.3 Å². The van der Waals surface area contributed by atoms with Crippen molar-refractivity contribution in [2.24, 2.45) is 0 Å². The number of rotatable bonds is 3. The summed E-state index contributed by atoms with van der Waals surface area (Å²) in [7, 11) is 0. The molecule has 4 rings (SSSR count). The number of hydrogen-bond donors (Lipinski definition) is 9. The van der Waals surface area contributed by atoms with E-state index in [1.54, 1.807) is 0 Å². The van der Waals surface area contributed by atoms with Crippen molar-refractivity contribution in [2.75, 3.05) is 6.61 Å². The van der Waals surface area contributed by atoms with Gasteiger partial charge in [-0.05, 0) is 18.6 Å². The zero-order chi connectivity index (χ0) is 26.1. The first-order chi connectivity index (χ1) is 16.3. The van der Waals surface area contributed by atoms with Gasteiger partial charge in [0.1, 0.15) is 47.6 Å². The molecule has 1 saturated heterocycles. The molecule has 0 spiro atoms. The molecule has 5 atom stereocenters. The van der Waals surface area contributed by atoms with Crippen LogP contribution in [0.3, 0.4) is 0 Å². The van der Waals surface area contributed by atoms with E-state index in [1.165, 1.54) is 0 Å². The van der Waals surface area contributed by atoms with E-state index in [4.69, 9.17) is 4.74 Å². The number of ketones is 2. The molecule has 0 amide bonds. The molecule has 9 N–H and O–H groups in total. The number of aromatic carboxylic acids is 1. The molecule has 1 fully saturated rings. The van der Waals surface area contributed by atoms with Gasteiger partial charge in [0.25, 0.3) is 0 Å². The third-order valence-electron chi connectivity index (χ3n) is 6.33. The SMILES string of the molecule is Cc1c(C(=O)O)c(O)cc2c1C(=O)c1c(O)c([C@H]3O[C@H](CO)[C@@H](O)[C@H](O)[C@H]3O)c(O)c(O)c1C2=O.[CaH2]. The molecule has 2 aromatic carbocycles. The number of hydrogen-bond acceptors (Lipinski definition) is 12. The zero-order valence-electron chi connectivity index (χ0n) is 17.8. The quantitative estimate of drug-likeness (QED) is 0.0993. The topological polar surface area (TPSA) is 243 Å². The van der Waals surface area contributed by atoms with Crippen LogP contribution in [0.15, 0.2) is 6.07 Å². The first-order valence-electron chi connectivity index (χ1n) is 10.2. The minimum absolute atomic E-state index is 0. The van der Waals surface area contributed by atoms with E-state index in [0.29, 0.717) is 6.07 Å². The van der Waals surface area contributed by atoms with Crippen LogP contribution in [-0.2, 0) is 4.74 Å². The fourth-order valence-electron chi connectivity index (χ4n) is 4.58. The van der Waals surface area contributed by atoms with Gasteiger partial charge in [-0.15, -0.1) is 0 Å². The van der Waals surface area contributed by atoms with Crippen molar-refractivity contribution >= 4 is 55.3 Å². The second-order valence-electron chi connectivity index (χ2n) is 8.24. The van der Waals surface area contributed by atoms with Crippen LogP contribution in [0.25, 0.3) is 0 Å². The zero-order valence-corrected chi connectivity index (χ0v) is 17.8. The summed E-state index contributed by atoms with van der Waals surface area (Å²) in [5, 5.41) is 91.5. The van der Waals surface area contributed by atoms with Crippen LogP contribution in [0.5, 0.6) is 23.0 Å². The Balaban J connectivity index is 0.00000361. The van der Waals surface area contributed by atoms with Gasteiger partial charge in [-0.2, -0.15) is 0 Å². The number of fused-ring (bicyclic) bond motifs is 2. The van der Waals surface area contributed by atoms with Crippen LogP contribution in [0, 0.1) is 6.92 Å². The Labute approximate surface area is 231 Å². The third kappa shape index (κ3) is 3.83. The number of benzene rings is 2. The monoisotopic (exact) mass is 534 g/mol. The van der Waals surface area contributed by atoms with E-state index in [9.17, 15) is 60.3 Å². The van der Waals surface area contributed by atoms with Crippen molar-refractivity contribution in [3.63, 3.8) is 0 Å². The average Bonchev–Trinajstić information content (AvgIpc) is 2.79. The molecule has 36 heavy (non-hydrogen) atoms. The Morgan fingerprint density at radius 3 is 2.03 bits per heavy atom. The molecule has 14 heteroatoms. The van der Waals surface area contributed by atoms with Crippen molar-refractivity contribution in [3.05, 3.63) is 45.0 Å². The van der Waals surface area contributed by atoms with Crippen LogP contribution < -0.4 is 0 Å². The van der Waals surface area contributed by atoms with Gasteiger partial charge >= 0.3 is 43.7 Å². The molecule has 0 saturated carbocycles. The van der Waals surface area contributed by atoms with E-state index in [0.717, 1.165) is 6.92 Å². The van der Waals surface area contributed by atoms with Crippen LogP contribution >= 0.6 is 0 Å². The van der Waals surface area contributed by atoms with Gasteiger partial charge in [0, 0.05) is 11.1 Å². The standard InChI is InChI=1S/C22H20O13.Ca.2H/c1-4-8-5(2-6(24)9(4)22(33)34)13(25)10-11(15(8)27)16(28)12(18(30)17(10)29)21-20(32)19(31)14(26)7(3-23)35-21;;;/h2,7,14,19-21,23-24,26,28-32H,3H2,1H3,(H,33,34);;;/t7-,14-,19+,20-,21-;;;/m1.../s1. The first-order valence-corrected chi connectivity index (χ1v) is 10.2. The summed E-state index contributed by atoms with van der Waals surface area (Å²) >= 11 is 0. The van der Waals surface area contributed by atoms with E-state index in [1.807, 2.05) is 0 Å². The number of ether oxygens (including phenoxy) is 1. The second kappa shape index (κ2) is 9.76. The predicted octanol–water partition coefficient (Wildman–Crippen LogP) is -2.11. The van der Waals surface area contributed by atoms with Gasteiger partial charge < -0.3 is 50.7 Å². The van der Waals surface area contributed by atoms with Crippen molar-refractivity contribution in [3.8, 4) is 23.0 Å². The average molecular weight is 534 g/mol. The number of carbonyl (C=O) groups is 3. The minimum atomic E-state index is -2.03. The number of aliphatic hydroxyl groups is 4. The summed E-state index contributed by atoms with van der Waals surface area (Å²) in [6, 6.07) is 0.716. The summed E-state index contributed by atoms with van der Waals surface area (Å²) in [5.41, 5.74) is -4.49. The Kier molecular flexibility index (Phi) is 7.61. The Morgan fingerprint density at radius 2 is 1.47 bits per heavy atom. The van der Waals surface area contributed by atoms with Gasteiger partial charge in [-0.25, -0.2) is 4.79 Å². The molecule has 0 unspecified atom stereocenters.